The highest BCUT2D eigenvalue weighted by molar-refractivity contribution is 5.94. The monoisotopic (exact) mass is 405 g/mol. The van der Waals surface area contributed by atoms with Gasteiger partial charge in [-0.3, -0.25) is 9.59 Å². The van der Waals surface area contributed by atoms with Crippen LogP contribution in [-0.4, -0.2) is 11.7 Å². The molecule has 3 heteroatoms. The van der Waals surface area contributed by atoms with Crippen LogP contribution in [0.4, 0.5) is 0 Å². The standard InChI is InChI=1S/C14H20O.C9H9NO.C4H6/c1-9-7-11(3)13(8-10(9)2)14(5,6)12(4)15;1-2-10-9(11)8-6-4-3-5-7-8;1-3-4-2/h7-8H,1-6H3;2-7H,1H2,(H,10,11);1H,4H2,2H3. The Morgan fingerprint density at radius 1 is 1.07 bits per heavy atom. The van der Waals surface area contributed by atoms with Crippen LogP contribution in [0.15, 0.2) is 55.2 Å². The number of terminal acetylenes is 1. The summed E-state index contributed by atoms with van der Waals surface area (Å²) in [5.74, 6) is 2.52. The third-order valence-electron chi connectivity index (χ3n) is 4.87. The number of Topliss-reactive ketones (excluding diaryl/α,β-unsaturated/α-hetero) is 1. The summed E-state index contributed by atoms with van der Waals surface area (Å²) in [6.07, 6.45) is 7.00. The van der Waals surface area contributed by atoms with Gasteiger partial charge < -0.3 is 5.32 Å². The fourth-order valence-corrected chi connectivity index (χ4v) is 2.59. The number of amides is 1. The highest BCUT2D eigenvalue weighted by Crippen LogP contribution is 2.29. The van der Waals surface area contributed by atoms with Gasteiger partial charge >= 0.3 is 0 Å². The molecule has 0 saturated carbocycles. The quantitative estimate of drug-likeness (QED) is 0.628. The van der Waals surface area contributed by atoms with Gasteiger partial charge in [-0.15, -0.1) is 12.3 Å². The molecule has 0 fully saturated rings. The first-order valence-electron chi connectivity index (χ1n) is 10.0. The van der Waals surface area contributed by atoms with Crippen LogP contribution < -0.4 is 5.32 Å². The minimum absolute atomic E-state index is 0.124. The van der Waals surface area contributed by atoms with Crippen molar-refractivity contribution in [3.8, 4) is 12.3 Å². The molecule has 3 nitrogen and oxygen atoms in total. The number of aryl methyl sites for hydroxylation is 3. The maximum Gasteiger partial charge on any atom is 0.255 e. The molecule has 0 heterocycles. The van der Waals surface area contributed by atoms with Gasteiger partial charge in [0.2, 0.25) is 0 Å². The van der Waals surface area contributed by atoms with Gasteiger partial charge in [-0.1, -0.05) is 43.8 Å². The van der Waals surface area contributed by atoms with Crippen molar-refractivity contribution in [1.29, 1.82) is 0 Å². The lowest BCUT2D eigenvalue weighted by Gasteiger charge is -2.25. The predicted molar refractivity (Wildman–Crippen MR) is 128 cm³/mol. The van der Waals surface area contributed by atoms with Crippen molar-refractivity contribution in [3.05, 3.63) is 83.1 Å². The molecule has 0 bridgehead atoms. The average molecular weight is 406 g/mol. The Kier molecular flexibility index (Phi) is 11.8. The zero-order valence-electron chi connectivity index (χ0n) is 19.4. The molecular formula is C27H35NO2. The van der Waals surface area contributed by atoms with Crippen molar-refractivity contribution < 1.29 is 9.59 Å². The minimum Gasteiger partial charge on any atom is -0.329 e. The van der Waals surface area contributed by atoms with E-state index in [1.165, 1.54) is 22.9 Å². The van der Waals surface area contributed by atoms with E-state index < -0.39 is 0 Å². The van der Waals surface area contributed by atoms with Crippen molar-refractivity contribution in [3.63, 3.8) is 0 Å². The Balaban J connectivity index is 0.000000491. The summed E-state index contributed by atoms with van der Waals surface area (Å²) in [5.41, 5.74) is 5.17. The molecule has 2 aromatic rings. The molecule has 30 heavy (non-hydrogen) atoms. The molecule has 0 unspecified atom stereocenters. The predicted octanol–water partition coefficient (Wildman–Crippen LogP) is 6.07. The highest BCUT2D eigenvalue weighted by atomic mass is 16.1. The van der Waals surface area contributed by atoms with Crippen LogP contribution in [0, 0.1) is 33.1 Å². The van der Waals surface area contributed by atoms with E-state index in [0.29, 0.717) is 5.56 Å². The Morgan fingerprint density at radius 3 is 2.00 bits per heavy atom. The summed E-state index contributed by atoms with van der Waals surface area (Å²) in [6, 6.07) is 13.3. The third-order valence-corrected chi connectivity index (χ3v) is 4.87. The van der Waals surface area contributed by atoms with Crippen LogP contribution in [-0.2, 0) is 10.2 Å². The van der Waals surface area contributed by atoms with E-state index in [2.05, 4.69) is 50.7 Å². The van der Waals surface area contributed by atoms with Gasteiger partial charge in [0.25, 0.3) is 5.91 Å². The molecule has 0 aliphatic rings. The van der Waals surface area contributed by atoms with Gasteiger partial charge in [-0.2, -0.15) is 0 Å². The number of benzene rings is 2. The van der Waals surface area contributed by atoms with Crippen molar-refractivity contribution in [2.45, 2.75) is 60.3 Å². The minimum atomic E-state index is -0.372. The second-order valence-corrected chi connectivity index (χ2v) is 7.53. The summed E-state index contributed by atoms with van der Waals surface area (Å²) in [5, 5.41) is 2.49. The van der Waals surface area contributed by atoms with E-state index in [4.69, 9.17) is 6.42 Å². The second-order valence-electron chi connectivity index (χ2n) is 7.53. The first-order chi connectivity index (χ1) is 14.0. The first-order valence-corrected chi connectivity index (χ1v) is 10.0. The maximum absolute atomic E-state index is 11.6. The lowest BCUT2D eigenvalue weighted by Crippen LogP contribution is -2.27. The Morgan fingerprint density at radius 2 is 1.57 bits per heavy atom. The molecule has 1 N–H and O–H groups in total. The maximum atomic E-state index is 11.6. The Labute approximate surface area is 182 Å². The number of nitrogens with one attached hydrogen (secondary N) is 1. The first kappa shape index (κ1) is 26.9. The fraction of sp³-hybridized carbons (Fsp3) is 0.333. The number of carbonyl (C=O) groups excluding carboxylic acids is 2. The second kappa shape index (κ2) is 13.2. The third kappa shape index (κ3) is 8.49. The van der Waals surface area contributed by atoms with Gasteiger partial charge in [0.1, 0.15) is 5.78 Å². The molecule has 1 amide bonds. The average Bonchev–Trinajstić information content (AvgIpc) is 2.72. The molecular weight excluding hydrogens is 370 g/mol. The zero-order chi connectivity index (χ0) is 23.3. The van der Waals surface area contributed by atoms with E-state index in [1.807, 2.05) is 39.0 Å². The lowest BCUT2D eigenvalue weighted by molar-refractivity contribution is -0.121. The van der Waals surface area contributed by atoms with Gasteiger partial charge in [0.05, 0.1) is 0 Å². The number of carbonyl (C=O) groups is 2. The summed E-state index contributed by atoms with van der Waals surface area (Å²) in [6.45, 7) is 17.3. The molecule has 2 aromatic carbocycles. The number of ketones is 1. The van der Waals surface area contributed by atoms with Crippen molar-refractivity contribution >= 4 is 11.7 Å². The summed E-state index contributed by atoms with van der Waals surface area (Å²) < 4.78 is 0. The molecule has 0 radical (unpaired) electrons. The number of hydrogen-bond acceptors (Lipinski definition) is 2. The van der Waals surface area contributed by atoms with E-state index in [0.717, 1.165) is 12.0 Å². The van der Waals surface area contributed by atoms with Gasteiger partial charge in [0, 0.05) is 17.4 Å². The van der Waals surface area contributed by atoms with E-state index >= 15 is 0 Å². The molecule has 0 atom stereocenters. The van der Waals surface area contributed by atoms with Gasteiger partial charge in [0.15, 0.2) is 0 Å². The molecule has 0 aliphatic carbocycles. The SMILES string of the molecule is C#CCC.C=CNC(=O)c1ccccc1.CC(=O)C(C)(C)c1cc(C)c(C)cc1C. The largest absolute Gasteiger partial charge is 0.329 e. The Bertz CT molecular complexity index is 887. The van der Waals surface area contributed by atoms with E-state index in [-0.39, 0.29) is 17.1 Å². The summed E-state index contributed by atoms with van der Waals surface area (Å²) in [7, 11) is 0. The smallest absolute Gasteiger partial charge is 0.255 e. The van der Waals surface area contributed by atoms with Crippen LogP contribution in [0.3, 0.4) is 0 Å². The molecule has 160 valence electrons. The lowest BCUT2D eigenvalue weighted by atomic mass is 9.78. The van der Waals surface area contributed by atoms with E-state index in [9.17, 15) is 9.59 Å². The van der Waals surface area contributed by atoms with E-state index in [1.54, 1.807) is 19.1 Å². The topological polar surface area (TPSA) is 46.2 Å². The van der Waals surface area contributed by atoms with Crippen LogP contribution in [0.1, 0.15) is 66.7 Å². The van der Waals surface area contributed by atoms with Crippen LogP contribution in [0.2, 0.25) is 0 Å². The van der Waals surface area contributed by atoms with Crippen LogP contribution in [0.5, 0.6) is 0 Å². The normalized spacial score (nSPS) is 9.67. The Hall–Kier alpha value is -3.12. The fourth-order valence-electron chi connectivity index (χ4n) is 2.59. The van der Waals surface area contributed by atoms with Crippen molar-refractivity contribution in [1.82, 2.24) is 5.32 Å². The molecule has 0 aromatic heterocycles. The summed E-state index contributed by atoms with van der Waals surface area (Å²) >= 11 is 0. The van der Waals surface area contributed by atoms with Gasteiger partial charge in [-0.05, 0) is 82.1 Å². The zero-order valence-corrected chi connectivity index (χ0v) is 19.4. The van der Waals surface area contributed by atoms with Crippen molar-refractivity contribution in [2.75, 3.05) is 0 Å². The number of rotatable bonds is 4. The molecule has 2 rings (SSSR count). The van der Waals surface area contributed by atoms with Gasteiger partial charge in [-0.25, -0.2) is 0 Å². The highest BCUT2D eigenvalue weighted by Gasteiger charge is 2.27. The van der Waals surface area contributed by atoms with Crippen LogP contribution in [0.25, 0.3) is 0 Å². The molecule has 0 spiro atoms. The van der Waals surface area contributed by atoms with Crippen molar-refractivity contribution in [2.24, 2.45) is 0 Å². The summed E-state index contributed by atoms with van der Waals surface area (Å²) in [4.78, 5) is 22.7. The number of hydrogen-bond donors (Lipinski definition) is 1. The molecule has 0 aliphatic heterocycles. The van der Waals surface area contributed by atoms with Crippen LogP contribution >= 0.6 is 0 Å². The molecule has 0 saturated heterocycles.